The standard InChI is InChI=1S/C7H5IN4/c8-5-3-10-1-4-2-11-7(9)12-6(4)5/h1-3H,(H2,9,11,12). The van der Waals surface area contributed by atoms with Crippen LogP contribution >= 0.6 is 22.6 Å². The second kappa shape index (κ2) is 2.81. The van der Waals surface area contributed by atoms with E-state index in [4.69, 9.17) is 5.73 Å². The van der Waals surface area contributed by atoms with Gasteiger partial charge in [-0.1, -0.05) is 0 Å². The Bertz CT molecular complexity index is 429. The lowest BCUT2D eigenvalue weighted by Gasteiger charge is -1.98. The molecule has 4 nitrogen and oxygen atoms in total. The van der Waals surface area contributed by atoms with Gasteiger partial charge in [0.1, 0.15) is 0 Å². The van der Waals surface area contributed by atoms with Crippen molar-refractivity contribution in [3.05, 3.63) is 22.2 Å². The number of nitrogens with two attached hydrogens (primary N) is 1. The zero-order valence-electron chi connectivity index (χ0n) is 6.03. The third-order valence-electron chi connectivity index (χ3n) is 1.46. The highest BCUT2D eigenvalue weighted by atomic mass is 127. The Kier molecular flexibility index (Phi) is 1.80. The zero-order valence-corrected chi connectivity index (χ0v) is 8.19. The number of hydrogen-bond donors (Lipinski definition) is 1. The highest BCUT2D eigenvalue weighted by molar-refractivity contribution is 14.1. The van der Waals surface area contributed by atoms with Gasteiger partial charge in [-0.05, 0) is 22.6 Å². The van der Waals surface area contributed by atoms with Crippen molar-refractivity contribution in [1.82, 2.24) is 15.0 Å². The number of pyridine rings is 1. The molecule has 12 heavy (non-hydrogen) atoms. The maximum Gasteiger partial charge on any atom is 0.220 e. The molecule has 2 heterocycles. The van der Waals surface area contributed by atoms with Crippen molar-refractivity contribution < 1.29 is 0 Å². The summed E-state index contributed by atoms with van der Waals surface area (Å²) in [5.74, 6) is 0.298. The van der Waals surface area contributed by atoms with Gasteiger partial charge in [-0.25, -0.2) is 9.97 Å². The Morgan fingerprint density at radius 3 is 2.92 bits per heavy atom. The van der Waals surface area contributed by atoms with E-state index in [1.807, 2.05) is 0 Å². The average Bonchev–Trinajstić information content (AvgIpc) is 2.07. The maximum absolute atomic E-state index is 5.45. The molecule has 0 aliphatic rings. The van der Waals surface area contributed by atoms with Gasteiger partial charge in [-0.3, -0.25) is 4.98 Å². The molecule has 0 aliphatic heterocycles. The third-order valence-corrected chi connectivity index (χ3v) is 2.25. The molecule has 0 bridgehead atoms. The molecular formula is C7H5IN4. The summed E-state index contributed by atoms with van der Waals surface area (Å²) in [7, 11) is 0. The van der Waals surface area contributed by atoms with E-state index in [1.165, 1.54) is 0 Å². The first-order valence-electron chi connectivity index (χ1n) is 3.29. The number of hydrogen-bond acceptors (Lipinski definition) is 4. The first-order valence-corrected chi connectivity index (χ1v) is 4.37. The van der Waals surface area contributed by atoms with E-state index in [2.05, 4.69) is 37.5 Å². The fourth-order valence-corrected chi connectivity index (χ4v) is 1.53. The van der Waals surface area contributed by atoms with Gasteiger partial charge in [0.2, 0.25) is 5.95 Å². The number of fused-ring (bicyclic) bond motifs is 1. The van der Waals surface area contributed by atoms with Crippen molar-refractivity contribution in [2.24, 2.45) is 0 Å². The van der Waals surface area contributed by atoms with Gasteiger partial charge in [-0.2, -0.15) is 0 Å². The molecule has 0 spiro atoms. The second-order valence-corrected chi connectivity index (χ2v) is 3.45. The van der Waals surface area contributed by atoms with Crippen molar-refractivity contribution in [2.45, 2.75) is 0 Å². The highest BCUT2D eigenvalue weighted by Crippen LogP contribution is 2.16. The number of aromatic nitrogens is 3. The van der Waals surface area contributed by atoms with Crippen LogP contribution in [0.4, 0.5) is 5.95 Å². The summed E-state index contributed by atoms with van der Waals surface area (Å²) in [5, 5.41) is 0.913. The van der Waals surface area contributed by atoms with Gasteiger partial charge in [0.15, 0.2) is 0 Å². The van der Waals surface area contributed by atoms with Gasteiger partial charge < -0.3 is 5.73 Å². The summed E-state index contributed by atoms with van der Waals surface area (Å²) in [5.41, 5.74) is 6.31. The first-order chi connectivity index (χ1) is 5.77. The molecule has 2 rings (SSSR count). The van der Waals surface area contributed by atoms with E-state index in [0.717, 1.165) is 14.5 Å². The van der Waals surface area contributed by atoms with Crippen molar-refractivity contribution in [3.63, 3.8) is 0 Å². The lowest BCUT2D eigenvalue weighted by molar-refractivity contribution is 1.21. The fourth-order valence-electron chi connectivity index (χ4n) is 0.935. The van der Waals surface area contributed by atoms with E-state index in [9.17, 15) is 0 Å². The third kappa shape index (κ3) is 1.20. The van der Waals surface area contributed by atoms with Gasteiger partial charge in [0.25, 0.3) is 0 Å². The lowest BCUT2D eigenvalue weighted by Crippen LogP contribution is -1.95. The molecule has 0 fully saturated rings. The van der Waals surface area contributed by atoms with E-state index >= 15 is 0 Å². The molecule has 2 aromatic rings. The largest absolute Gasteiger partial charge is 0.368 e. The molecule has 0 aliphatic carbocycles. The Morgan fingerprint density at radius 2 is 2.08 bits per heavy atom. The van der Waals surface area contributed by atoms with Crippen LogP contribution in [-0.4, -0.2) is 15.0 Å². The van der Waals surface area contributed by atoms with Crippen LogP contribution in [0.2, 0.25) is 0 Å². The van der Waals surface area contributed by atoms with Crippen LogP contribution in [0.15, 0.2) is 18.6 Å². The smallest absolute Gasteiger partial charge is 0.220 e. The minimum Gasteiger partial charge on any atom is -0.368 e. The molecule has 0 atom stereocenters. The van der Waals surface area contributed by atoms with E-state index in [1.54, 1.807) is 18.6 Å². The second-order valence-electron chi connectivity index (χ2n) is 2.29. The minimum atomic E-state index is 0.298. The summed E-state index contributed by atoms with van der Waals surface area (Å²) in [6.07, 6.45) is 5.14. The predicted octanol–water partition coefficient (Wildman–Crippen LogP) is 1.21. The summed E-state index contributed by atoms with van der Waals surface area (Å²) < 4.78 is 0.985. The quantitative estimate of drug-likeness (QED) is 0.732. The minimum absolute atomic E-state index is 0.298. The fraction of sp³-hybridized carbons (Fsp3) is 0. The van der Waals surface area contributed by atoms with E-state index in [0.29, 0.717) is 5.95 Å². The monoisotopic (exact) mass is 272 g/mol. The Morgan fingerprint density at radius 1 is 1.25 bits per heavy atom. The average molecular weight is 272 g/mol. The lowest BCUT2D eigenvalue weighted by atomic mass is 10.3. The zero-order chi connectivity index (χ0) is 8.55. The van der Waals surface area contributed by atoms with Crippen LogP contribution < -0.4 is 5.73 Å². The normalized spacial score (nSPS) is 10.4. The van der Waals surface area contributed by atoms with Gasteiger partial charge in [0.05, 0.1) is 9.09 Å². The first kappa shape index (κ1) is 7.66. The predicted molar refractivity (Wildman–Crippen MR) is 54.5 cm³/mol. The molecular weight excluding hydrogens is 267 g/mol. The molecule has 5 heteroatoms. The Balaban J connectivity index is 2.88. The SMILES string of the molecule is Nc1ncc2cncc(I)c2n1. The number of nitrogens with zero attached hydrogens (tertiary/aromatic N) is 3. The van der Waals surface area contributed by atoms with Gasteiger partial charge >= 0.3 is 0 Å². The molecule has 2 N–H and O–H groups in total. The number of rotatable bonds is 0. The number of nitrogen functional groups attached to an aromatic ring is 1. The van der Waals surface area contributed by atoms with E-state index < -0.39 is 0 Å². The molecule has 0 unspecified atom stereocenters. The summed E-state index contributed by atoms with van der Waals surface area (Å²) >= 11 is 2.17. The van der Waals surface area contributed by atoms with Crippen molar-refractivity contribution in [2.75, 3.05) is 5.73 Å². The van der Waals surface area contributed by atoms with Crippen LogP contribution in [0.3, 0.4) is 0 Å². The number of halogens is 1. The van der Waals surface area contributed by atoms with Crippen LogP contribution in [0.1, 0.15) is 0 Å². The summed E-state index contributed by atoms with van der Waals surface area (Å²) in [6.45, 7) is 0. The molecule has 0 amide bonds. The topological polar surface area (TPSA) is 64.7 Å². The van der Waals surface area contributed by atoms with E-state index in [-0.39, 0.29) is 0 Å². The van der Waals surface area contributed by atoms with Crippen LogP contribution in [0.5, 0.6) is 0 Å². The van der Waals surface area contributed by atoms with Crippen molar-refractivity contribution >= 4 is 39.4 Å². The van der Waals surface area contributed by atoms with Crippen LogP contribution in [-0.2, 0) is 0 Å². The van der Waals surface area contributed by atoms with Crippen molar-refractivity contribution in [1.29, 1.82) is 0 Å². The summed E-state index contributed by atoms with van der Waals surface area (Å²) in [4.78, 5) is 12.0. The molecule has 0 saturated carbocycles. The Labute approximate surface area is 82.4 Å². The molecule has 2 aromatic heterocycles. The molecule has 60 valence electrons. The molecule has 0 saturated heterocycles. The Hall–Kier alpha value is -0.980. The van der Waals surface area contributed by atoms with Gasteiger partial charge in [-0.15, -0.1) is 0 Å². The molecule has 0 aromatic carbocycles. The van der Waals surface area contributed by atoms with Crippen molar-refractivity contribution in [3.8, 4) is 0 Å². The maximum atomic E-state index is 5.45. The number of anilines is 1. The van der Waals surface area contributed by atoms with Crippen LogP contribution in [0.25, 0.3) is 10.9 Å². The highest BCUT2D eigenvalue weighted by Gasteiger charge is 2.00. The van der Waals surface area contributed by atoms with Gasteiger partial charge in [0, 0.05) is 24.0 Å². The molecule has 0 radical (unpaired) electrons. The summed E-state index contributed by atoms with van der Waals surface area (Å²) in [6, 6.07) is 0. The van der Waals surface area contributed by atoms with Crippen LogP contribution in [0, 0.1) is 3.57 Å².